The minimum atomic E-state index is 0.662. The van der Waals surface area contributed by atoms with Gasteiger partial charge in [-0.3, -0.25) is 4.98 Å². The monoisotopic (exact) mass is 159 g/mol. The molecule has 1 aliphatic heterocycles. The van der Waals surface area contributed by atoms with E-state index in [9.17, 15) is 0 Å². The molecule has 12 heavy (non-hydrogen) atoms. The largest absolute Gasteiger partial charge is 0.265 e. The van der Waals surface area contributed by atoms with Crippen LogP contribution < -0.4 is 5.32 Å². The molecule has 2 rings (SSSR count). The van der Waals surface area contributed by atoms with E-state index >= 15 is 0 Å². The summed E-state index contributed by atoms with van der Waals surface area (Å²) in [5, 5.41) is 11.8. The van der Waals surface area contributed by atoms with Crippen LogP contribution >= 0.6 is 0 Å². The second-order valence-corrected chi connectivity index (χ2v) is 2.42. The van der Waals surface area contributed by atoms with E-state index in [0.717, 1.165) is 5.56 Å². The first kappa shape index (κ1) is 6.97. The van der Waals surface area contributed by atoms with Crippen LogP contribution in [-0.4, -0.2) is 16.7 Å². The molecule has 0 aliphatic carbocycles. The molecule has 0 unspecified atom stereocenters. The lowest BCUT2D eigenvalue weighted by Crippen LogP contribution is -2.16. The fourth-order valence-corrected chi connectivity index (χ4v) is 0.941. The van der Waals surface area contributed by atoms with Crippen molar-refractivity contribution < 1.29 is 0 Å². The highest BCUT2D eigenvalue weighted by Gasteiger charge is 2.10. The van der Waals surface area contributed by atoms with Gasteiger partial charge in [0.05, 0.1) is 0 Å². The van der Waals surface area contributed by atoms with Crippen molar-refractivity contribution >= 4 is 11.7 Å². The van der Waals surface area contributed by atoms with Gasteiger partial charge in [0.1, 0.15) is 5.84 Å². The van der Waals surface area contributed by atoms with E-state index in [0.29, 0.717) is 11.7 Å². The van der Waals surface area contributed by atoms with E-state index in [4.69, 9.17) is 0 Å². The molecule has 2 heterocycles. The fraction of sp³-hybridized carbons (Fsp3) is 0.125. The number of aromatic nitrogens is 1. The number of nitrogens with zero attached hydrogens (tertiary/aromatic N) is 4. The van der Waals surface area contributed by atoms with Crippen LogP contribution in [0.2, 0.25) is 0 Å². The molecule has 0 amide bonds. The van der Waals surface area contributed by atoms with Crippen molar-refractivity contribution in [1.29, 1.82) is 0 Å². The van der Waals surface area contributed by atoms with Crippen LogP contribution in [-0.2, 0) is 0 Å². The maximum absolute atomic E-state index is 4.13. The number of pyridine rings is 1. The molecule has 0 N–H and O–H groups in total. The SMILES string of the molecule is CC1=NN=C(c2ccncc2)[N]1. The molecule has 0 saturated carbocycles. The van der Waals surface area contributed by atoms with Crippen LogP contribution in [0, 0.1) is 0 Å². The number of hydrogen-bond donors (Lipinski definition) is 0. The zero-order valence-corrected chi connectivity index (χ0v) is 6.60. The fourth-order valence-electron chi connectivity index (χ4n) is 0.941. The van der Waals surface area contributed by atoms with Crippen molar-refractivity contribution in [3.63, 3.8) is 0 Å². The van der Waals surface area contributed by atoms with Crippen molar-refractivity contribution in [3.8, 4) is 0 Å². The summed E-state index contributed by atoms with van der Waals surface area (Å²) < 4.78 is 0. The Morgan fingerprint density at radius 1 is 1.08 bits per heavy atom. The summed E-state index contributed by atoms with van der Waals surface area (Å²) in [6.07, 6.45) is 3.42. The first-order chi connectivity index (χ1) is 5.86. The Morgan fingerprint density at radius 2 is 1.83 bits per heavy atom. The van der Waals surface area contributed by atoms with Gasteiger partial charge < -0.3 is 0 Å². The van der Waals surface area contributed by atoms with Crippen LogP contribution in [0.4, 0.5) is 0 Å². The molecule has 1 aromatic rings. The van der Waals surface area contributed by atoms with Gasteiger partial charge in [-0.15, -0.1) is 10.2 Å². The number of hydrogen-bond acceptors (Lipinski definition) is 3. The summed E-state index contributed by atoms with van der Waals surface area (Å²) in [6, 6.07) is 3.72. The molecule has 0 saturated heterocycles. The van der Waals surface area contributed by atoms with Gasteiger partial charge in [-0.25, -0.2) is 5.32 Å². The summed E-state index contributed by atoms with van der Waals surface area (Å²) in [5.74, 6) is 1.36. The third-order valence-corrected chi connectivity index (χ3v) is 1.50. The van der Waals surface area contributed by atoms with Gasteiger partial charge >= 0.3 is 0 Å². The maximum atomic E-state index is 4.13. The zero-order chi connectivity index (χ0) is 8.39. The molecule has 0 fully saturated rings. The quantitative estimate of drug-likeness (QED) is 0.597. The van der Waals surface area contributed by atoms with E-state index in [1.807, 2.05) is 19.1 Å². The van der Waals surface area contributed by atoms with Crippen LogP contribution in [0.15, 0.2) is 34.7 Å². The van der Waals surface area contributed by atoms with E-state index in [1.165, 1.54) is 0 Å². The van der Waals surface area contributed by atoms with Crippen molar-refractivity contribution in [2.45, 2.75) is 6.92 Å². The highest BCUT2D eigenvalue weighted by atomic mass is 15.3. The predicted molar refractivity (Wildman–Crippen MR) is 46.0 cm³/mol. The van der Waals surface area contributed by atoms with Gasteiger partial charge in [-0.05, 0) is 19.1 Å². The first-order valence-electron chi connectivity index (χ1n) is 3.60. The summed E-state index contributed by atoms with van der Waals surface area (Å²) in [7, 11) is 0. The Balaban J connectivity index is 2.25. The van der Waals surface area contributed by atoms with Crippen LogP contribution in [0.5, 0.6) is 0 Å². The summed E-state index contributed by atoms with van der Waals surface area (Å²) in [4.78, 5) is 3.90. The molecule has 0 aromatic carbocycles. The molecular weight excluding hydrogens is 152 g/mol. The third kappa shape index (κ3) is 1.18. The summed E-state index contributed by atoms with van der Waals surface area (Å²) in [5.41, 5.74) is 0.950. The van der Waals surface area contributed by atoms with E-state index in [2.05, 4.69) is 20.5 Å². The topological polar surface area (TPSA) is 51.7 Å². The van der Waals surface area contributed by atoms with E-state index < -0.39 is 0 Å². The van der Waals surface area contributed by atoms with Crippen molar-refractivity contribution in [2.75, 3.05) is 0 Å². The van der Waals surface area contributed by atoms with E-state index in [-0.39, 0.29) is 0 Å². The zero-order valence-electron chi connectivity index (χ0n) is 6.60. The highest BCUT2D eigenvalue weighted by Crippen LogP contribution is 2.03. The van der Waals surface area contributed by atoms with Crippen molar-refractivity contribution in [2.24, 2.45) is 10.2 Å². The van der Waals surface area contributed by atoms with Gasteiger partial charge in [0.2, 0.25) is 0 Å². The highest BCUT2D eigenvalue weighted by molar-refractivity contribution is 6.10. The molecule has 1 aromatic heterocycles. The second-order valence-electron chi connectivity index (χ2n) is 2.42. The van der Waals surface area contributed by atoms with Crippen molar-refractivity contribution in [1.82, 2.24) is 10.3 Å². The van der Waals surface area contributed by atoms with Gasteiger partial charge in [0, 0.05) is 18.0 Å². The number of amidine groups is 2. The molecule has 0 bridgehead atoms. The van der Waals surface area contributed by atoms with Gasteiger partial charge in [0.15, 0.2) is 5.84 Å². The molecule has 1 radical (unpaired) electrons. The molecule has 59 valence electrons. The molecule has 0 spiro atoms. The lowest BCUT2D eigenvalue weighted by atomic mass is 10.2. The minimum Gasteiger partial charge on any atom is -0.265 e. The normalized spacial score (nSPS) is 15.1. The second kappa shape index (κ2) is 2.73. The van der Waals surface area contributed by atoms with Crippen LogP contribution in [0.1, 0.15) is 12.5 Å². The Hall–Kier alpha value is -1.71. The minimum absolute atomic E-state index is 0.662. The molecule has 1 aliphatic rings. The average molecular weight is 159 g/mol. The molecular formula is C8H7N4. The first-order valence-corrected chi connectivity index (χ1v) is 3.60. The lowest BCUT2D eigenvalue weighted by molar-refractivity contribution is 1.25. The lowest BCUT2D eigenvalue weighted by Gasteiger charge is -1.96. The smallest absolute Gasteiger partial charge is 0.183 e. The summed E-state index contributed by atoms with van der Waals surface area (Å²) >= 11 is 0. The number of rotatable bonds is 1. The molecule has 0 atom stereocenters. The predicted octanol–water partition coefficient (Wildman–Crippen LogP) is 0.780. The van der Waals surface area contributed by atoms with E-state index in [1.54, 1.807) is 12.4 Å². The Bertz CT molecular complexity index is 339. The summed E-state index contributed by atoms with van der Waals surface area (Å²) in [6.45, 7) is 1.82. The molecule has 4 nitrogen and oxygen atoms in total. The Labute approximate surface area is 70.1 Å². The Morgan fingerprint density at radius 3 is 2.42 bits per heavy atom. The van der Waals surface area contributed by atoms with Gasteiger partial charge in [-0.2, -0.15) is 0 Å². The average Bonchev–Trinajstić information content (AvgIpc) is 2.54. The standard InChI is InChI=1S/C8H7N4/c1-6-10-8(12-11-6)7-2-4-9-5-3-7/h2-5H,1H3. The van der Waals surface area contributed by atoms with Crippen LogP contribution in [0.25, 0.3) is 0 Å². The maximum Gasteiger partial charge on any atom is 0.183 e. The molecule has 4 heteroatoms. The van der Waals surface area contributed by atoms with Gasteiger partial charge in [-0.1, -0.05) is 0 Å². The Kier molecular flexibility index (Phi) is 1.59. The van der Waals surface area contributed by atoms with Crippen molar-refractivity contribution in [3.05, 3.63) is 30.1 Å². The third-order valence-electron chi connectivity index (χ3n) is 1.50. The van der Waals surface area contributed by atoms with Gasteiger partial charge in [0.25, 0.3) is 0 Å². The van der Waals surface area contributed by atoms with Crippen LogP contribution in [0.3, 0.4) is 0 Å².